The van der Waals surface area contributed by atoms with Crippen LogP contribution in [-0.4, -0.2) is 18.7 Å². The van der Waals surface area contributed by atoms with Crippen LogP contribution in [0.2, 0.25) is 0 Å². The minimum Gasteiger partial charge on any atom is -0.461 e. The predicted molar refractivity (Wildman–Crippen MR) is 72.8 cm³/mol. The van der Waals surface area contributed by atoms with Gasteiger partial charge in [-0.2, -0.15) is 0 Å². The smallest absolute Gasteiger partial charge is 0.326 e. The second kappa shape index (κ2) is 6.10. The first-order chi connectivity index (χ1) is 9.56. The summed E-state index contributed by atoms with van der Waals surface area (Å²) < 4.78 is 9.61. The molecule has 2 rings (SSSR count). The van der Waals surface area contributed by atoms with Crippen molar-refractivity contribution in [3.8, 4) is 0 Å². The average Bonchev–Trinajstić information content (AvgIpc) is 2.92. The maximum absolute atomic E-state index is 11.7. The quantitative estimate of drug-likeness (QED) is 0.888. The molecule has 0 aliphatic carbocycles. The van der Waals surface area contributed by atoms with Crippen LogP contribution < -0.4 is 10.6 Å². The standard InChI is InChI=1S/C14H16N2O4/c1-9(2)10-4-3-5-11(6-10)15-14(18)16-13(17)12-7-19-8-20-12/h3-7,9H,8H2,1-2H3,(H2,15,16,17,18). The Bertz CT molecular complexity index is 552. The van der Waals surface area contributed by atoms with Gasteiger partial charge in [-0.15, -0.1) is 0 Å². The van der Waals surface area contributed by atoms with E-state index in [2.05, 4.69) is 24.5 Å². The van der Waals surface area contributed by atoms with Gasteiger partial charge in [0.25, 0.3) is 5.91 Å². The summed E-state index contributed by atoms with van der Waals surface area (Å²) in [6, 6.07) is 6.83. The number of carbonyl (C=O) groups is 2. The number of urea groups is 1. The first kappa shape index (κ1) is 13.9. The monoisotopic (exact) mass is 276 g/mol. The number of anilines is 1. The zero-order valence-electron chi connectivity index (χ0n) is 11.3. The van der Waals surface area contributed by atoms with Gasteiger partial charge in [0.05, 0.1) is 0 Å². The van der Waals surface area contributed by atoms with Crippen molar-refractivity contribution in [2.45, 2.75) is 19.8 Å². The normalized spacial score (nSPS) is 13.2. The van der Waals surface area contributed by atoms with Gasteiger partial charge in [-0.1, -0.05) is 26.0 Å². The Labute approximate surface area is 116 Å². The lowest BCUT2D eigenvalue weighted by atomic mass is 10.0. The summed E-state index contributed by atoms with van der Waals surface area (Å²) in [7, 11) is 0. The first-order valence-electron chi connectivity index (χ1n) is 6.23. The van der Waals surface area contributed by atoms with Gasteiger partial charge < -0.3 is 14.8 Å². The Morgan fingerprint density at radius 3 is 2.75 bits per heavy atom. The van der Waals surface area contributed by atoms with Gasteiger partial charge in [0.1, 0.15) is 6.26 Å². The van der Waals surface area contributed by atoms with Crippen LogP contribution in [0.15, 0.2) is 36.3 Å². The Balaban J connectivity index is 1.94. The molecule has 1 aliphatic rings. The fraction of sp³-hybridized carbons (Fsp3) is 0.286. The third kappa shape index (κ3) is 3.50. The molecule has 0 unspecified atom stereocenters. The summed E-state index contributed by atoms with van der Waals surface area (Å²) in [4.78, 5) is 23.3. The molecule has 2 N–H and O–H groups in total. The summed E-state index contributed by atoms with van der Waals surface area (Å²) in [6.07, 6.45) is 1.17. The second-order valence-corrected chi connectivity index (χ2v) is 4.60. The van der Waals surface area contributed by atoms with Crippen LogP contribution in [-0.2, 0) is 14.3 Å². The van der Waals surface area contributed by atoms with Gasteiger partial charge in [-0.25, -0.2) is 4.79 Å². The Hall–Kier alpha value is -2.50. The summed E-state index contributed by atoms with van der Waals surface area (Å²) in [5, 5.41) is 4.75. The number of hydrogen-bond acceptors (Lipinski definition) is 4. The molecule has 0 saturated carbocycles. The van der Waals surface area contributed by atoms with Crippen LogP contribution in [0.3, 0.4) is 0 Å². The van der Waals surface area contributed by atoms with E-state index >= 15 is 0 Å². The van der Waals surface area contributed by atoms with Crippen molar-refractivity contribution >= 4 is 17.6 Å². The number of rotatable bonds is 3. The number of nitrogens with one attached hydrogen (secondary N) is 2. The SMILES string of the molecule is CC(C)c1cccc(NC(=O)NC(=O)C2=COCO2)c1. The highest BCUT2D eigenvalue weighted by molar-refractivity contribution is 6.06. The minimum atomic E-state index is -0.639. The minimum absolute atomic E-state index is 0.0131. The predicted octanol–water partition coefficient (Wildman–Crippen LogP) is 2.30. The molecular weight excluding hydrogens is 260 g/mol. The van der Waals surface area contributed by atoms with Crippen LogP contribution in [0, 0.1) is 0 Å². The lowest BCUT2D eigenvalue weighted by molar-refractivity contribution is -0.119. The van der Waals surface area contributed by atoms with E-state index in [0.29, 0.717) is 11.6 Å². The van der Waals surface area contributed by atoms with Gasteiger partial charge in [0.15, 0.2) is 0 Å². The summed E-state index contributed by atoms with van der Waals surface area (Å²) in [5.74, 6) is -0.299. The topological polar surface area (TPSA) is 76.7 Å². The number of benzene rings is 1. The molecule has 1 aliphatic heterocycles. The van der Waals surface area contributed by atoms with Crippen molar-refractivity contribution in [1.29, 1.82) is 0 Å². The third-order valence-electron chi connectivity index (χ3n) is 2.73. The second-order valence-electron chi connectivity index (χ2n) is 4.60. The van der Waals surface area contributed by atoms with E-state index in [-0.39, 0.29) is 12.6 Å². The molecule has 3 amide bonds. The number of amides is 3. The number of ether oxygens (including phenoxy) is 2. The maximum Gasteiger partial charge on any atom is 0.326 e. The molecule has 0 radical (unpaired) electrons. The highest BCUT2D eigenvalue weighted by Gasteiger charge is 2.18. The Morgan fingerprint density at radius 2 is 2.10 bits per heavy atom. The van der Waals surface area contributed by atoms with Crippen molar-refractivity contribution in [2.24, 2.45) is 0 Å². The lowest BCUT2D eigenvalue weighted by Crippen LogP contribution is -2.35. The Kier molecular flexibility index (Phi) is 4.24. The molecule has 1 heterocycles. The summed E-state index contributed by atoms with van der Waals surface area (Å²) >= 11 is 0. The van der Waals surface area contributed by atoms with Crippen LogP contribution in [0.25, 0.3) is 0 Å². The fourth-order valence-corrected chi connectivity index (χ4v) is 1.66. The van der Waals surface area contributed by atoms with E-state index in [4.69, 9.17) is 9.47 Å². The van der Waals surface area contributed by atoms with E-state index < -0.39 is 11.9 Å². The summed E-state index contributed by atoms with van der Waals surface area (Å²) in [6.45, 7) is 4.11. The molecule has 20 heavy (non-hydrogen) atoms. The van der Waals surface area contributed by atoms with Crippen molar-refractivity contribution in [3.63, 3.8) is 0 Å². The van der Waals surface area contributed by atoms with Crippen LogP contribution >= 0.6 is 0 Å². The van der Waals surface area contributed by atoms with Crippen molar-refractivity contribution in [2.75, 3.05) is 12.1 Å². The van der Waals surface area contributed by atoms with E-state index in [1.165, 1.54) is 6.26 Å². The van der Waals surface area contributed by atoms with E-state index in [9.17, 15) is 9.59 Å². The molecule has 6 nitrogen and oxygen atoms in total. The molecule has 0 aromatic heterocycles. The summed E-state index contributed by atoms with van der Waals surface area (Å²) in [5.41, 5.74) is 1.73. The number of imide groups is 1. The molecule has 6 heteroatoms. The highest BCUT2D eigenvalue weighted by atomic mass is 16.7. The average molecular weight is 276 g/mol. The molecule has 0 bridgehead atoms. The van der Waals surface area contributed by atoms with Gasteiger partial charge in [0.2, 0.25) is 12.6 Å². The van der Waals surface area contributed by atoms with Crippen LogP contribution in [0.5, 0.6) is 0 Å². The van der Waals surface area contributed by atoms with Crippen LogP contribution in [0.4, 0.5) is 10.5 Å². The first-order valence-corrected chi connectivity index (χ1v) is 6.23. The van der Waals surface area contributed by atoms with Gasteiger partial charge in [-0.3, -0.25) is 10.1 Å². The number of carbonyl (C=O) groups excluding carboxylic acids is 2. The third-order valence-corrected chi connectivity index (χ3v) is 2.73. The zero-order chi connectivity index (χ0) is 14.5. The molecule has 0 fully saturated rings. The molecular formula is C14H16N2O4. The largest absolute Gasteiger partial charge is 0.461 e. The van der Waals surface area contributed by atoms with E-state index in [1.54, 1.807) is 6.07 Å². The fourth-order valence-electron chi connectivity index (χ4n) is 1.66. The number of hydrogen-bond donors (Lipinski definition) is 2. The molecule has 0 atom stereocenters. The van der Waals surface area contributed by atoms with Crippen molar-refractivity contribution in [3.05, 3.63) is 41.9 Å². The van der Waals surface area contributed by atoms with Gasteiger partial charge in [0, 0.05) is 5.69 Å². The maximum atomic E-state index is 11.7. The zero-order valence-corrected chi connectivity index (χ0v) is 11.3. The molecule has 1 aromatic carbocycles. The lowest BCUT2D eigenvalue weighted by Gasteiger charge is -2.10. The van der Waals surface area contributed by atoms with Crippen LogP contribution in [0.1, 0.15) is 25.3 Å². The molecule has 0 spiro atoms. The molecule has 106 valence electrons. The van der Waals surface area contributed by atoms with Crippen molar-refractivity contribution in [1.82, 2.24) is 5.32 Å². The van der Waals surface area contributed by atoms with Crippen molar-refractivity contribution < 1.29 is 19.1 Å². The molecule has 0 saturated heterocycles. The van der Waals surface area contributed by atoms with E-state index in [1.807, 2.05) is 18.2 Å². The van der Waals surface area contributed by atoms with E-state index in [0.717, 1.165) is 5.56 Å². The Morgan fingerprint density at radius 1 is 1.30 bits per heavy atom. The molecule has 1 aromatic rings. The van der Waals surface area contributed by atoms with Gasteiger partial charge in [-0.05, 0) is 23.6 Å². The highest BCUT2D eigenvalue weighted by Crippen LogP contribution is 2.18. The van der Waals surface area contributed by atoms with Gasteiger partial charge >= 0.3 is 6.03 Å².